The average Bonchev–Trinajstić information content (AvgIpc) is 3.69. The number of fused-ring (bicyclic) bond motifs is 9. The third-order valence-electron chi connectivity index (χ3n) is 8.28. The third kappa shape index (κ3) is 3.84. The van der Waals surface area contributed by atoms with Crippen molar-refractivity contribution in [1.29, 1.82) is 0 Å². The van der Waals surface area contributed by atoms with E-state index in [9.17, 15) is 0 Å². The van der Waals surface area contributed by atoms with E-state index in [4.69, 9.17) is 9.40 Å². The van der Waals surface area contributed by atoms with Crippen molar-refractivity contribution in [3.8, 4) is 10.6 Å². The normalized spacial score (nSPS) is 11.7. The van der Waals surface area contributed by atoms with Crippen molar-refractivity contribution >= 4 is 82.1 Å². The lowest BCUT2D eigenvalue weighted by Gasteiger charge is -2.25. The van der Waals surface area contributed by atoms with Crippen molar-refractivity contribution in [1.82, 2.24) is 4.98 Å². The minimum atomic E-state index is 0.893. The Morgan fingerprint density at radius 2 is 1.05 bits per heavy atom. The zero-order valence-electron chi connectivity index (χ0n) is 23.1. The van der Waals surface area contributed by atoms with Gasteiger partial charge in [0.1, 0.15) is 16.2 Å². The number of hydrogen-bond acceptors (Lipinski definition) is 4. The standard InChI is InChI=1S/C39H24N2OS/c1-2-10-26(11-3-1)41(28-22-23-36-34(24-28)31-14-8-9-17-35(31)42-36)27-20-18-25(19-21-27)39-40-37-32-15-6-4-12-29(32)30-13-5-7-16-33(30)38(37)43-39/h1-24H. The number of anilines is 3. The minimum absolute atomic E-state index is 0.893. The van der Waals surface area contributed by atoms with Gasteiger partial charge in [0.25, 0.3) is 0 Å². The monoisotopic (exact) mass is 568 g/mol. The molecule has 0 spiro atoms. The van der Waals surface area contributed by atoms with Crippen LogP contribution in [0.5, 0.6) is 0 Å². The Bertz CT molecular complexity index is 2380. The van der Waals surface area contributed by atoms with Crippen LogP contribution >= 0.6 is 11.3 Å². The Balaban J connectivity index is 1.18. The van der Waals surface area contributed by atoms with Gasteiger partial charge in [0, 0.05) is 44.2 Å². The van der Waals surface area contributed by atoms with Gasteiger partial charge in [-0.15, -0.1) is 11.3 Å². The van der Waals surface area contributed by atoms with Crippen LogP contribution in [-0.2, 0) is 0 Å². The first-order chi connectivity index (χ1) is 21.3. The Labute approximate surface area is 251 Å². The highest BCUT2D eigenvalue weighted by Gasteiger charge is 2.17. The van der Waals surface area contributed by atoms with Crippen molar-refractivity contribution in [3.63, 3.8) is 0 Å². The highest BCUT2D eigenvalue weighted by Crippen LogP contribution is 2.42. The molecule has 0 unspecified atom stereocenters. The Kier molecular flexibility index (Phi) is 5.37. The van der Waals surface area contributed by atoms with Crippen molar-refractivity contribution in [2.24, 2.45) is 0 Å². The molecular formula is C39H24N2OS. The maximum atomic E-state index is 6.12. The van der Waals surface area contributed by atoms with Crippen molar-refractivity contribution in [2.75, 3.05) is 4.90 Å². The second-order valence-corrected chi connectivity index (χ2v) is 11.8. The van der Waals surface area contributed by atoms with E-state index in [2.05, 4.69) is 138 Å². The predicted molar refractivity (Wildman–Crippen MR) is 182 cm³/mol. The van der Waals surface area contributed by atoms with Crippen LogP contribution in [-0.4, -0.2) is 4.98 Å². The number of hydrogen-bond donors (Lipinski definition) is 0. The molecule has 0 aliphatic heterocycles. The fourth-order valence-corrected chi connectivity index (χ4v) is 7.40. The predicted octanol–water partition coefficient (Wildman–Crippen LogP) is 11.6. The van der Waals surface area contributed by atoms with E-state index in [1.165, 1.54) is 26.2 Å². The van der Waals surface area contributed by atoms with Gasteiger partial charge in [0.05, 0.1) is 10.2 Å². The highest BCUT2D eigenvalue weighted by atomic mass is 32.1. The summed E-state index contributed by atoms with van der Waals surface area (Å²) in [5.41, 5.74) is 7.24. The molecule has 4 heteroatoms. The zero-order valence-corrected chi connectivity index (χ0v) is 23.9. The van der Waals surface area contributed by atoms with Crippen LogP contribution in [0.15, 0.2) is 150 Å². The third-order valence-corrected chi connectivity index (χ3v) is 9.41. The van der Waals surface area contributed by atoms with E-state index in [0.717, 1.165) is 55.1 Å². The van der Waals surface area contributed by atoms with Crippen LogP contribution < -0.4 is 4.90 Å². The molecule has 9 aromatic rings. The van der Waals surface area contributed by atoms with Gasteiger partial charge in [-0.3, -0.25) is 0 Å². The summed E-state index contributed by atoms with van der Waals surface area (Å²) in [5, 5.41) is 8.25. The van der Waals surface area contributed by atoms with Crippen LogP contribution in [0.25, 0.3) is 64.3 Å². The molecule has 7 aromatic carbocycles. The highest BCUT2D eigenvalue weighted by molar-refractivity contribution is 7.22. The average molecular weight is 569 g/mol. The SMILES string of the molecule is c1ccc(N(c2ccc(-c3nc4c5ccccc5c5ccccc5c4s3)cc2)c2ccc3oc4ccccc4c3c2)cc1. The summed E-state index contributed by atoms with van der Waals surface area (Å²) in [6.07, 6.45) is 0. The summed E-state index contributed by atoms with van der Waals surface area (Å²) >= 11 is 1.77. The lowest BCUT2D eigenvalue weighted by molar-refractivity contribution is 0.669. The van der Waals surface area contributed by atoms with Gasteiger partial charge in [-0.2, -0.15) is 0 Å². The molecule has 9 rings (SSSR count). The number of benzene rings is 7. The van der Waals surface area contributed by atoms with Gasteiger partial charge in [0.15, 0.2) is 0 Å². The second-order valence-electron chi connectivity index (χ2n) is 10.8. The Hall–Kier alpha value is -5.45. The molecule has 0 N–H and O–H groups in total. The summed E-state index contributed by atoms with van der Waals surface area (Å²) in [5.74, 6) is 0. The van der Waals surface area contributed by atoms with E-state index in [-0.39, 0.29) is 0 Å². The number of nitrogens with zero attached hydrogens (tertiary/aromatic N) is 2. The molecular weight excluding hydrogens is 545 g/mol. The molecule has 0 saturated carbocycles. The van der Waals surface area contributed by atoms with Crippen molar-refractivity contribution in [3.05, 3.63) is 146 Å². The van der Waals surface area contributed by atoms with Gasteiger partial charge in [0.2, 0.25) is 0 Å². The van der Waals surface area contributed by atoms with Gasteiger partial charge in [-0.25, -0.2) is 4.98 Å². The first-order valence-corrected chi connectivity index (χ1v) is 15.2. The van der Waals surface area contributed by atoms with E-state index < -0.39 is 0 Å². The van der Waals surface area contributed by atoms with Crippen LogP contribution in [0.3, 0.4) is 0 Å². The summed E-state index contributed by atoms with van der Waals surface area (Å²) in [6.45, 7) is 0. The first kappa shape index (κ1) is 24.2. The molecule has 2 aromatic heterocycles. The quantitative estimate of drug-likeness (QED) is 0.198. The van der Waals surface area contributed by atoms with E-state index in [0.29, 0.717) is 0 Å². The molecule has 0 aliphatic carbocycles. The molecule has 43 heavy (non-hydrogen) atoms. The Morgan fingerprint density at radius 1 is 0.465 bits per heavy atom. The lowest BCUT2D eigenvalue weighted by atomic mass is 10.0. The largest absolute Gasteiger partial charge is 0.456 e. The number of rotatable bonds is 4. The molecule has 0 radical (unpaired) electrons. The molecule has 0 fully saturated rings. The molecule has 0 aliphatic rings. The smallest absolute Gasteiger partial charge is 0.135 e. The van der Waals surface area contributed by atoms with Gasteiger partial charge < -0.3 is 9.32 Å². The van der Waals surface area contributed by atoms with Crippen LogP contribution in [0.4, 0.5) is 17.1 Å². The number of para-hydroxylation sites is 2. The van der Waals surface area contributed by atoms with Crippen LogP contribution in [0.1, 0.15) is 0 Å². The second kappa shape index (κ2) is 9.55. The summed E-state index contributed by atoms with van der Waals surface area (Å²) in [6, 6.07) is 51.2. The molecule has 0 atom stereocenters. The zero-order chi connectivity index (χ0) is 28.3. The van der Waals surface area contributed by atoms with Crippen molar-refractivity contribution < 1.29 is 4.42 Å². The minimum Gasteiger partial charge on any atom is -0.456 e. The lowest BCUT2D eigenvalue weighted by Crippen LogP contribution is -2.09. The number of furan rings is 1. The van der Waals surface area contributed by atoms with E-state index in [1.54, 1.807) is 11.3 Å². The molecule has 3 nitrogen and oxygen atoms in total. The molecule has 202 valence electrons. The van der Waals surface area contributed by atoms with Crippen molar-refractivity contribution in [2.45, 2.75) is 0 Å². The fraction of sp³-hybridized carbons (Fsp3) is 0. The summed E-state index contributed by atoms with van der Waals surface area (Å²) in [4.78, 5) is 7.50. The molecule has 0 amide bonds. The molecule has 0 bridgehead atoms. The molecule has 0 saturated heterocycles. The van der Waals surface area contributed by atoms with Crippen LogP contribution in [0.2, 0.25) is 0 Å². The van der Waals surface area contributed by atoms with Gasteiger partial charge in [-0.1, -0.05) is 84.9 Å². The van der Waals surface area contributed by atoms with Gasteiger partial charge in [-0.05, 0) is 71.4 Å². The maximum Gasteiger partial charge on any atom is 0.135 e. The topological polar surface area (TPSA) is 29.3 Å². The molecule has 2 heterocycles. The van der Waals surface area contributed by atoms with E-state index in [1.807, 2.05) is 12.1 Å². The number of thiazole rings is 1. The summed E-state index contributed by atoms with van der Waals surface area (Å²) in [7, 11) is 0. The Morgan fingerprint density at radius 3 is 1.84 bits per heavy atom. The summed E-state index contributed by atoms with van der Waals surface area (Å²) < 4.78 is 7.35. The van der Waals surface area contributed by atoms with Crippen LogP contribution in [0, 0.1) is 0 Å². The number of aromatic nitrogens is 1. The van der Waals surface area contributed by atoms with E-state index >= 15 is 0 Å². The first-order valence-electron chi connectivity index (χ1n) is 14.4. The fourth-order valence-electron chi connectivity index (χ4n) is 6.28. The van der Waals surface area contributed by atoms with Gasteiger partial charge >= 0.3 is 0 Å². The maximum absolute atomic E-state index is 6.12.